The number of nitrogens with zero attached hydrogens (tertiary/aromatic N) is 2. The van der Waals surface area contributed by atoms with Crippen molar-refractivity contribution >= 4 is 5.91 Å². The quantitative estimate of drug-likeness (QED) is 0.774. The molecule has 0 N–H and O–H groups in total. The second-order valence-electron chi connectivity index (χ2n) is 4.94. The fourth-order valence-corrected chi connectivity index (χ4v) is 2.45. The summed E-state index contributed by atoms with van der Waals surface area (Å²) in [5.41, 5.74) is 0. The van der Waals surface area contributed by atoms with Crippen molar-refractivity contribution in [3.05, 3.63) is 0 Å². The average molecular weight is 296 g/mol. The predicted octanol–water partition coefficient (Wildman–Crippen LogP) is 0.846. The van der Waals surface area contributed by atoms with Crippen molar-refractivity contribution in [2.45, 2.75) is 25.3 Å². The summed E-state index contributed by atoms with van der Waals surface area (Å²) in [5.74, 6) is -3.33. The second-order valence-corrected chi connectivity index (χ2v) is 4.94. The van der Waals surface area contributed by atoms with Crippen LogP contribution in [0.2, 0.25) is 0 Å². The Labute approximate surface area is 115 Å². The molecule has 5 nitrogen and oxygen atoms in total. The number of piperazine rings is 1. The molecule has 116 valence electrons. The molecule has 8 heteroatoms. The summed E-state index contributed by atoms with van der Waals surface area (Å²) in [7, 11) is 0. The molecule has 20 heavy (non-hydrogen) atoms. The van der Waals surface area contributed by atoms with E-state index in [0.29, 0.717) is 26.2 Å². The number of amides is 1. The zero-order valence-corrected chi connectivity index (χ0v) is 11.4. The number of alkyl halides is 3. The maximum Gasteiger partial charge on any atom is 0.443 e. The standard InChI is InChI=1S/C12H19F3N2O3/c1-2-16-3-5-17(6-4-16)10(18)9-11(12(13,14)15)19-7-8-20-11/h2-9H2,1H3. The van der Waals surface area contributed by atoms with Crippen LogP contribution in [0.25, 0.3) is 0 Å². The molecule has 1 amide bonds. The minimum absolute atomic E-state index is 0.142. The monoisotopic (exact) mass is 296 g/mol. The van der Waals surface area contributed by atoms with Crippen LogP contribution >= 0.6 is 0 Å². The first-order valence-corrected chi connectivity index (χ1v) is 6.73. The second kappa shape index (κ2) is 5.87. The number of carbonyl (C=O) groups is 1. The van der Waals surface area contributed by atoms with E-state index in [4.69, 9.17) is 9.47 Å². The fraction of sp³-hybridized carbons (Fsp3) is 0.917. The highest BCUT2D eigenvalue weighted by molar-refractivity contribution is 5.77. The number of hydrogen-bond donors (Lipinski definition) is 0. The molecular formula is C12H19F3N2O3. The minimum Gasteiger partial charge on any atom is -0.340 e. The van der Waals surface area contributed by atoms with Crippen molar-refractivity contribution in [1.29, 1.82) is 0 Å². The maximum atomic E-state index is 13.0. The van der Waals surface area contributed by atoms with E-state index in [9.17, 15) is 18.0 Å². The van der Waals surface area contributed by atoms with Crippen LogP contribution in [0, 0.1) is 0 Å². The molecule has 2 saturated heterocycles. The lowest BCUT2D eigenvalue weighted by Crippen LogP contribution is -2.53. The molecular weight excluding hydrogens is 277 g/mol. The first kappa shape index (κ1) is 15.5. The Bertz CT molecular complexity index is 348. The van der Waals surface area contributed by atoms with Crippen LogP contribution in [0.1, 0.15) is 13.3 Å². The Morgan fingerprint density at radius 3 is 2.15 bits per heavy atom. The highest BCUT2D eigenvalue weighted by Crippen LogP contribution is 2.40. The van der Waals surface area contributed by atoms with Gasteiger partial charge in [-0.25, -0.2) is 0 Å². The lowest BCUT2D eigenvalue weighted by molar-refractivity contribution is -0.343. The van der Waals surface area contributed by atoms with Gasteiger partial charge in [0.15, 0.2) is 0 Å². The van der Waals surface area contributed by atoms with Gasteiger partial charge in [-0.15, -0.1) is 0 Å². The lowest BCUT2D eigenvalue weighted by atomic mass is 10.1. The third-order valence-corrected chi connectivity index (χ3v) is 3.74. The lowest BCUT2D eigenvalue weighted by Gasteiger charge is -2.36. The van der Waals surface area contributed by atoms with Gasteiger partial charge in [-0.2, -0.15) is 13.2 Å². The number of rotatable bonds is 3. The Morgan fingerprint density at radius 1 is 1.15 bits per heavy atom. The molecule has 2 rings (SSSR count). The molecule has 2 fully saturated rings. The molecule has 0 aromatic heterocycles. The molecule has 0 aromatic rings. The average Bonchev–Trinajstić information content (AvgIpc) is 2.88. The maximum absolute atomic E-state index is 13.0. The minimum atomic E-state index is -4.70. The van der Waals surface area contributed by atoms with Gasteiger partial charge in [0.1, 0.15) is 0 Å². The van der Waals surface area contributed by atoms with Crippen molar-refractivity contribution in [2.24, 2.45) is 0 Å². The summed E-state index contributed by atoms with van der Waals surface area (Å²) in [6.07, 6.45) is -5.51. The predicted molar refractivity (Wildman–Crippen MR) is 64.0 cm³/mol. The third kappa shape index (κ3) is 3.07. The zero-order valence-electron chi connectivity index (χ0n) is 11.4. The SMILES string of the molecule is CCN1CCN(C(=O)CC2(C(F)(F)F)OCCO2)CC1. The van der Waals surface area contributed by atoms with Gasteiger partial charge in [-0.05, 0) is 6.54 Å². The van der Waals surface area contributed by atoms with E-state index >= 15 is 0 Å². The number of ether oxygens (including phenoxy) is 2. The molecule has 0 unspecified atom stereocenters. The van der Waals surface area contributed by atoms with Crippen LogP contribution in [-0.2, 0) is 14.3 Å². The largest absolute Gasteiger partial charge is 0.443 e. The number of halogens is 3. The van der Waals surface area contributed by atoms with E-state index in [2.05, 4.69) is 4.90 Å². The van der Waals surface area contributed by atoms with E-state index in [1.54, 1.807) is 0 Å². The van der Waals surface area contributed by atoms with Gasteiger partial charge in [-0.1, -0.05) is 6.92 Å². The van der Waals surface area contributed by atoms with E-state index < -0.39 is 24.3 Å². The summed E-state index contributed by atoms with van der Waals surface area (Å²) < 4.78 is 48.5. The highest BCUT2D eigenvalue weighted by Gasteiger charge is 2.61. The van der Waals surface area contributed by atoms with Gasteiger partial charge >= 0.3 is 6.18 Å². The Morgan fingerprint density at radius 2 is 1.70 bits per heavy atom. The van der Waals surface area contributed by atoms with Crippen LogP contribution in [-0.4, -0.2) is 73.6 Å². The van der Waals surface area contributed by atoms with Crippen LogP contribution in [0.5, 0.6) is 0 Å². The van der Waals surface area contributed by atoms with Gasteiger partial charge in [0.2, 0.25) is 5.91 Å². The van der Waals surface area contributed by atoms with Crippen LogP contribution in [0.15, 0.2) is 0 Å². The van der Waals surface area contributed by atoms with Gasteiger partial charge in [0.05, 0.1) is 19.6 Å². The molecule has 2 heterocycles. The normalized spacial score (nSPS) is 24.1. The topological polar surface area (TPSA) is 42.0 Å². The van der Waals surface area contributed by atoms with E-state index in [-0.39, 0.29) is 13.2 Å². The molecule has 0 spiro atoms. The third-order valence-electron chi connectivity index (χ3n) is 3.74. The Kier molecular flexibility index (Phi) is 4.55. The number of carbonyl (C=O) groups excluding carboxylic acids is 1. The van der Waals surface area contributed by atoms with Gasteiger partial charge in [0.25, 0.3) is 5.79 Å². The van der Waals surface area contributed by atoms with Crippen LogP contribution in [0.4, 0.5) is 13.2 Å². The van der Waals surface area contributed by atoms with Crippen molar-refractivity contribution < 1.29 is 27.4 Å². The molecule has 0 atom stereocenters. The summed E-state index contributed by atoms with van der Waals surface area (Å²) in [6.45, 7) is 4.86. The molecule has 0 aromatic carbocycles. The first-order valence-electron chi connectivity index (χ1n) is 6.73. The number of hydrogen-bond acceptors (Lipinski definition) is 4. The van der Waals surface area contributed by atoms with Gasteiger partial charge < -0.3 is 19.3 Å². The molecule has 0 bridgehead atoms. The van der Waals surface area contributed by atoms with E-state index in [0.717, 1.165) is 6.54 Å². The molecule has 0 radical (unpaired) electrons. The summed E-state index contributed by atoms with van der Waals surface area (Å²) in [6, 6.07) is 0. The van der Waals surface area contributed by atoms with Crippen molar-refractivity contribution in [1.82, 2.24) is 9.80 Å². The zero-order chi connectivity index (χ0) is 14.8. The molecule has 2 aliphatic heterocycles. The molecule has 0 saturated carbocycles. The summed E-state index contributed by atoms with van der Waals surface area (Å²) in [5, 5.41) is 0. The van der Waals surface area contributed by atoms with E-state index in [1.165, 1.54) is 4.90 Å². The smallest absolute Gasteiger partial charge is 0.340 e. The molecule has 0 aliphatic carbocycles. The highest BCUT2D eigenvalue weighted by atomic mass is 19.4. The van der Waals surface area contributed by atoms with E-state index in [1.807, 2.05) is 6.92 Å². The van der Waals surface area contributed by atoms with Gasteiger partial charge in [0, 0.05) is 26.2 Å². The number of likely N-dealkylation sites (N-methyl/N-ethyl adjacent to an activating group) is 1. The Hall–Kier alpha value is -0.860. The van der Waals surface area contributed by atoms with Crippen molar-refractivity contribution in [3.63, 3.8) is 0 Å². The fourth-order valence-electron chi connectivity index (χ4n) is 2.45. The van der Waals surface area contributed by atoms with Crippen molar-refractivity contribution in [2.75, 3.05) is 45.9 Å². The first-order chi connectivity index (χ1) is 9.38. The van der Waals surface area contributed by atoms with Crippen molar-refractivity contribution in [3.8, 4) is 0 Å². The summed E-state index contributed by atoms with van der Waals surface area (Å²) in [4.78, 5) is 15.6. The Balaban J connectivity index is 1.96. The van der Waals surface area contributed by atoms with Crippen LogP contribution in [0.3, 0.4) is 0 Å². The summed E-state index contributed by atoms with van der Waals surface area (Å²) >= 11 is 0. The van der Waals surface area contributed by atoms with Gasteiger partial charge in [-0.3, -0.25) is 4.79 Å². The molecule has 2 aliphatic rings. The van der Waals surface area contributed by atoms with Crippen LogP contribution < -0.4 is 0 Å².